The maximum Gasteiger partial charge on any atom is 0.169 e. The third-order valence-electron chi connectivity index (χ3n) is 3.84. The zero-order chi connectivity index (χ0) is 14.8. The van der Waals surface area contributed by atoms with Crippen molar-refractivity contribution < 1.29 is 4.79 Å². The maximum absolute atomic E-state index is 12.6. The number of rotatable bonds is 3. The predicted octanol–water partition coefficient (Wildman–Crippen LogP) is 4.34. The van der Waals surface area contributed by atoms with E-state index in [0.717, 1.165) is 24.1 Å². The van der Waals surface area contributed by atoms with Crippen molar-refractivity contribution in [2.24, 2.45) is 5.41 Å². The Bertz CT molecular complexity index is 552. The normalized spacial score (nSPS) is 24.0. The van der Waals surface area contributed by atoms with Crippen LogP contribution >= 0.6 is 0 Å². The van der Waals surface area contributed by atoms with Gasteiger partial charge in [-0.2, -0.15) is 0 Å². The molecular formula is C18H23NO. The van der Waals surface area contributed by atoms with Gasteiger partial charge < -0.3 is 4.90 Å². The summed E-state index contributed by atoms with van der Waals surface area (Å²) >= 11 is 0. The van der Waals surface area contributed by atoms with E-state index in [9.17, 15) is 4.79 Å². The van der Waals surface area contributed by atoms with Gasteiger partial charge in [0.1, 0.15) is 0 Å². The number of Topliss-reactive ketones (excluding diaryl/α,β-unsaturated/α-hetero) is 1. The Balaban J connectivity index is 2.21. The van der Waals surface area contributed by atoms with Gasteiger partial charge >= 0.3 is 0 Å². The zero-order valence-corrected chi connectivity index (χ0v) is 12.8. The lowest BCUT2D eigenvalue weighted by molar-refractivity contribution is -0.120. The van der Waals surface area contributed by atoms with Crippen molar-refractivity contribution in [2.45, 2.75) is 33.6 Å². The number of hydrogen-bond donors (Lipinski definition) is 0. The number of ketones is 1. The van der Waals surface area contributed by atoms with Crippen LogP contribution in [0, 0.1) is 5.41 Å². The van der Waals surface area contributed by atoms with E-state index in [1.54, 1.807) is 0 Å². The Morgan fingerprint density at radius 2 is 1.90 bits per heavy atom. The summed E-state index contributed by atoms with van der Waals surface area (Å²) < 4.78 is 0. The fourth-order valence-electron chi connectivity index (χ4n) is 2.86. The Morgan fingerprint density at radius 3 is 2.50 bits per heavy atom. The fourth-order valence-corrected chi connectivity index (χ4v) is 2.86. The Labute approximate surface area is 121 Å². The number of hydrogen-bond acceptors (Lipinski definition) is 2. The highest BCUT2D eigenvalue weighted by Gasteiger charge is 2.38. The predicted molar refractivity (Wildman–Crippen MR) is 84.7 cm³/mol. The van der Waals surface area contributed by atoms with Crippen molar-refractivity contribution in [1.29, 1.82) is 0 Å². The monoisotopic (exact) mass is 269 g/mol. The third kappa shape index (κ3) is 3.01. The Hall–Kier alpha value is -1.83. The van der Waals surface area contributed by atoms with E-state index in [0.29, 0.717) is 0 Å². The number of benzene rings is 1. The summed E-state index contributed by atoms with van der Waals surface area (Å²) in [6.07, 6.45) is 5.86. The SMILES string of the molecule is CC(C)=CC1(C)CC/C(=C\N(C)c2ccccc2)C1=O. The summed E-state index contributed by atoms with van der Waals surface area (Å²) in [6, 6.07) is 10.1. The molecule has 0 aliphatic heterocycles. The molecule has 1 aliphatic carbocycles. The van der Waals surface area contributed by atoms with Crippen LogP contribution in [-0.2, 0) is 4.79 Å². The number of allylic oxidation sites excluding steroid dienone is 3. The molecule has 20 heavy (non-hydrogen) atoms. The van der Waals surface area contributed by atoms with Crippen LogP contribution in [0.25, 0.3) is 0 Å². The molecule has 2 nitrogen and oxygen atoms in total. The van der Waals surface area contributed by atoms with Gasteiger partial charge in [0.25, 0.3) is 0 Å². The van der Waals surface area contributed by atoms with Gasteiger partial charge in [0.15, 0.2) is 5.78 Å². The molecule has 1 fully saturated rings. The maximum atomic E-state index is 12.6. The zero-order valence-electron chi connectivity index (χ0n) is 12.8. The first-order chi connectivity index (χ1) is 9.42. The van der Waals surface area contributed by atoms with Crippen molar-refractivity contribution in [3.8, 4) is 0 Å². The molecule has 1 atom stereocenters. The summed E-state index contributed by atoms with van der Waals surface area (Å²) in [7, 11) is 1.99. The van der Waals surface area contributed by atoms with Gasteiger partial charge in [-0.3, -0.25) is 4.79 Å². The second kappa shape index (κ2) is 5.66. The average Bonchev–Trinajstić information content (AvgIpc) is 2.67. The van der Waals surface area contributed by atoms with Crippen LogP contribution in [0.5, 0.6) is 0 Å². The molecule has 1 aromatic carbocycles. The molecule has 0 radical (unpaired) electrons. The molecule has 1 aromatic rings. The fraction of sp³-hybridized carbons (Fsp3) is 0.389. The van der Waals surface area contributed by atoms with E-state index in [1.165, 1.54) is 5.57 Å². The van der Waals surface area contributed by atoms with E-state index in [2.05, 4.69) is 19.9 Å². The van der Waals surface area contributed by atoms with Crippen LogP contribution in [0.2, 0.25) is 0 Å². The minimum Gasteiger partial charge on any atom is -0.351 e. The van der Waals surface area contributed by atoms with E-state index in [1.807, 2.05) is 55.4 Å². The highest BCUT2D eigenvalue weighted by molar-refractivity contribution is 6.03. The standard InChI is InChI=1S/C18H23NO/c1-14(2)12-18(3)11-10-15(17(18)20)13-19(4)16-8-6-5-7-9-16/h5-9,12-13H,10-11H2,1-4H3/b15-13+. The molecule has 1 saturated carbocycles. The van der Waals surface area contributed by atoms with Gasteiger partial charge in [0, 0.05) is 29.9 Å². The Kier molecular flexibility index (Phi) is 4.12. The molecule has 0 spiro atoms. The van der Waals surface area contributed by atoms with Crippen LogP contribution in [0.3, 0.4) is 0 Å². The van der Waals surface area contributed by atoms with Gasteiger partial charge in [-0.15, -0.1) is 0 Å². The Morgan fingerprint density at radius 1 is 1.25 bits per heavy atom. The van der Waals surface area contributed by atoms with Crippen molar-refractivity contribution in [1.82, 2.24) is 0 Å². The molecule has 0 amide bonds. The topological polar surface area (TPSA) is 20.3 Å². The van der Waals surface area contributed by atoms with Gasteiger partial charge in [0.05, 0.1) is 0 Å². The van der Waals surface area contributed by atoms with E-state index in [-0.39, 0.29) is 11.2 Å². The molecule has 0 heterocycles. The first-order valence-corrected chi connectivity index (χ1v) is 7.12. The summed E-state index contributed by atoms with van der Waals surface area (Å²) in [5, 5.41) is 0. The lowest BCUT2D eigenvalue weighted by Crippen LogP contribution is -2.21. The van der Waals surface area contributed by atoms with Crippen LogP contribution in [-0.4, -0.2) is 12.8 Å². The van der Waals surface area contributed by atoms with Crippen LogP contribution in [0.1, 0.15) is 33.6 Å². The molecule has 2 rings (SSSR count). The molecule has 1 unspecified atom stereocenters. The average molecular weight is 269 g/mol. The molecule has 0 N–H and O–H groups in total. The smallest absolute Gasteiger partial charge is 0.169 e. The highest BCUT2D eigenvalue weighted by Crippen LogP contribution is 2.40. The summed E-state index contributed by atoms with van der Waals surface area (Å²) in [5.41, 5.74) is 2.92. The van der Waals surface area contributed by atoms with E-state index in [4.69, 9.17) is 0 Å². The molecule has 1 aliphatic rings. The van der Waals surface area contributed by atoms with Crippen molar-refractivity contribution in [3.05, 3.63) is 53.8 Å². The van der Waals surface area contributed by atoms with Gasteiger partial charge in [-0.1, -0.05) is 29.8 Å². The highest BCUT2D eigenvalue weighted by atomic mass is 16.1. The molecule has 106 valence electrons. The minimum absolute atomic E-state index is 0.265. The first kappa shape index (κ1) is 14.6. The van der Waals surface area contributed by atoms with Crippen LogP contribution in [0.4, 0.5) is 5.69 Å². The number of carbonyl (C=O) groups excluding carboxylic acids is 1. The lowest BCUT2D eigenvalue weighted by Gasteiger charge is -2.18. The molecule has 2 heteroatoms. The van der Waals surface area contributed by atoms with Crippen molar-refractivity contribution >= 4 is 11.5 Å². The minimum atomic E-state index is -0.317. The lowest BCUT2D eigenvalue weighted by atomic mass is 9.85. The first-order valence-electron chi connectivity index (χ1n) is 7.12. The number of para-hydroxylation sites is 1. The number of nitrogens with zero attached hydrogens (tertiary/aromatic N) is 1. The summed E-state index contributed by atoms with van der Waals surface area (Å²) in [5.74, 6) is 0.265. The van der Waals surface area contributed by atoms with Gasteiger partial charge in [0.2, 0.25) is 0 Å². The molecule has 0 saturated heterocycles. The second-order valence-electron chi connectivity index (χ2n) is 6.07. The van der Waals surface area contributed by atoms with Gasteiger partial charge in [-0.05, 0) is 45.7 Å². The van der Waals surface area contributed by atoms with Crippen molar-refractivity contribution in [3.63, 3.8) is 0 Å². The number of carbonyl (C=O) groups is 1. The summed E-state index contributed by atoms with van der Waals surface area (Å²) in [6.45, 7) is 6.15. The second-order valence-corrected chi connectivity index (χ2v) is 6.07. The van der Waals surface area contributed by atoms with E-state index < -0.39 is 0 Å². The van der Waals surface area contributed by atoms with Crippen molar-refractivity contribution in [2.75, 3.05) is 11.9 Å². The van der Waals surface area contributed by atoms with Gasteiger partial charge in [-0.25, -0.2) is 0 Å². The summed E-state index contributed by atoms with van der Waals surface area (Å²) in [4.78, 5) is 14.6. The van der Waals surface area contributed by atoms with Crippen LogP contribution in [0.15, 0.2) is 53.8 Å². The molecular weight excluding hydrogens is 246 g/mol. The quantitative estimate of drug-likeness (QED) is 0.601. The third-order valence-corrected chi connectivity index (χ3v) is 3.84. The molecule has 0 aromatic heterocycles. The van der Waals surface area contributed by atoms with Crippen LogP contribution < -0.4 is 4.90 Å². The largest absolute Gasteiger partial charge is 0.351 e. The molecule has 0 bridgehead atoms. The number of anilines is 1. The van der Waals surface area contributed by atoms with E-state index >= 15 is 0 Å².